The molecule has 0 bridgehead atoms. The Morgan fingerprint density at radius 2 is 2.12 bits per heavy atom. The van der Waals surface area contributed by atoms with Crippen molar-refractivity contribution >= 4 is 5.97 Å². The Kier molecular flexibility index (Phi) is 5.61. The lowest BCUT2D eigenvalue weighted by Gasteiger charge is -2.27. The molecule has 0 aliphatic carbocycles. The maximum absolute atomic E-state index is 11.5. The maximum atomic E-state index is 11.5. The number of cyclic esters (lactones) is 1. The Labute approximate surface area is 101 Å². The van der Waals surface area contributed by atoms with Gasteiger partial charge in [-0.05, 0) is 19.3 Å². The van der Waals surface area contributed by atoms with Crippen LogP contribution in [-0.2, 0) is 9.53 Å². The van der Waals surface area contributed by atoms with Crippen molar-refractivity contribution in [1.82, 2.24) is 0 Å². The number of aliphatic hydroxyl groups excluding tert-OH is 3. The molecule has 3 N–H and O–H groups in total. The Bertz CT molecular complexity index is 276. The zero-order valence-corrected chi connectivity index (χ0v) is 9.95. The number of esters is 1. The molecule has 1 rings (SSSR count). The Hall–Kier alpha value is -0.910. The van der Waals surface area contributed by atoms with Crippen LogP contribution < -0.4 is 0 Å². The summed E-state index contributed by atoms with van der Waals surface area (Å²) in [5.74, 6) is -0.731. The third-order valence-corrected chi connectivity index (χ3v) is 2.78. The summed E-state index contributed by atoms with van der Waals surface area (Å²) in [5, 5.41) is 29.0. The van der Waals surface area contributed by atoms with Crippen LogP contribution in [0.25, 0.3) is 0 Å². The number of aliphatic hydroxyl groups is 3. The number of hydrogen-bond acceptors (Lipinski definition) is 5. The quantitative estimate of drug-likeness (QED) is 0.475. The number of ether oxygens (including phenoxy) is 1. The van der Waals surface area contributed by atoms with Crippen LogP contribution in [0.5, 0.6) is 0 Å². The molecule has 5 nitrogen and oxygen atoms in total. The maximum Gasteiger partial charge on any atom is 0.335 e. The minimum atomic E-state index is -1.17. The highest BCUT2D eigenvalue weighted by molar-refractivity contribution is 5.74. The van der Waals surface area contributed by atoms with Crippen LogP contribution in [-0.4, -0.2) is 45.7 Å². The number of hydrogen-bond donors (Lipinski definition) is 3. The Balaban J connectivity index is 2.80. The molecular weight excluding hydrogens is 224 g/mol. The van der Waals surface area contributed by atoms with E-state index in [1.807, 2.05) is 6.92 Å². The standard InChI is InChI=1S/C12H20O5/c1-2-5-10-11(15)8(13)6-3-4-7-9(14)12(16)17-10/h3,6,8-11,13-15H,2,4-5,7H2,1H3/b6-3+/t8-,9+,10-,11-/m0/s1. The van der Waals surface area contributed by atoms with E-state index in [-0.39, 0.29) is 6.42 Å². The first-order chi connectivity index (χ1) is 8.06. The highest BCUT2D eigenvalue weighted by atomic mass is 16.6. The van der Waals surface area contributed by atoms with Crippen molar-refractivity contribution in [3.63, 3.8) is 0 Å². The van der Waals surface area contributed by atoms with Gasteiger partial charge in [0.05, 0.1) is 0 Å². The van der Waals surface area contributed by atoms with Gasteiger partial charge in [-0.1, -0.05) is 25.5 Å². The van der Waals surface area contributed by atoms with E-state index in [4.69, 9.17) is 4.74 Å². The molecule has 0 aromatic heterocycles. The van der Waals surface area contributed by atoms with Crippen molar-refractivity contribution in [2.45, 2.75) is 57.0 Å². The van der Waals surface area contributed by atoms with Crippen molar-refractivity contribution < 1.29 is 24.9 Å². The van der Waals surface area contributed by atoms with Crippen LogP contribution in [0.4, 0.5) is 0 Å². The summed E-state index contributed by atoms with van der Waals surface area (Å²) >= 11 is 0. The molecule has 0 amide bonds. The SMILES string of the molecule is CCC[C@@H]1OC(=O)[C@H](O)CC/C=C/[C@H](O)[C@@H]1O. The van der Waals surface area contributed by atoms with Gasteiger partial charge in [-0.15, -0.1) is 0 Å². The molecule has 4 atom stereocenters. The molecule has 1 heterocycles. The number of carbonyl (C=O) groups is 1. The summed E-state index contributed by atoms with van der Waals surface area (Å²) < 4.78 is 5.03. The highest BCUT2D eigenvalue weighted by Gasteiger charge is 2.30. The number of carbonyl (C=O) groups excluding carboxylic acids is 1. The first-order valence-electron chi connectivity index (χ1n) is 5.97. The van der Waals surface area contributed by atoms with Gasteiger partial charge in [-0.25, -0.2) is 4.79 Å². The van der Waals surface area contributed by atoms with Crippen molar-refractivity contribution in [3.8, 4) is 0 Å². The molecule has 1 aliphatic rings. The minimum absolute atomic E-state index is 0.261. The highest BCUT2D eigenvalue weighted by Crippen LogP contribution is 2.16. The largest absolute Gasteiger partial charge is 0.458 e. The fraction of sp³-hybridized carbons (Fsp3) is 0.750. The molecular formula is C12H20O5. The third-order valence-electron chi connectivity index (χ3n) is 2.78. The van der Waals surface area contributed by atoms with Crippen LogP contribution in [0, 0.1) is 0 Å². The van der Waals surface area contributed by atoms with Crippen LogP contribution in [0.1, 0.15) is 32.6 Å². The minimum Gasteiger partial charge on any atom is -0.458 e. The second-order valence-electron chi connectivity index (χ2n) is 4.27. The Morgan fingerprint density at radius 3 is 2.76 bits per heavy atom. The summed E-state index contributed by atoms with van der Waals surface area (Å²) in [7, 11) is 0. The molecule has 0 aromatic rings. The molecule has 1 aliphatic heterocycles. The summed E-state index contributed by atoms with van der Waals surface area (Å²) in [6.07, 6.45) is 0.857. The van der Waals surface area contributed by atoms with Gasteiger partial charge >= 0.3 is 5.97 Å². The molecule has 0 saturated carbocycles. The monoisotopic (exact) mass is 244 g/mol. The van der Waals surface area contributed by atoms with Crippen LogP contribution >= 0.6 is 0 Å². The molecule has 0 fully saturated rings. The van der Waals surface area contributed by atoms with Gasteiger partial charge in [0.25, 0.3) is 0 Å². The van der Waals surface area contributed by atoms with E-state index in [9.17, 15) is 20.1 Å². The molecule has 5 heteroatoms. The topological polar surface area (TPSA) is 87.0 Å². The van der Waals surface area contributed by atoms with Crippen molar-refractivity contribution in [2.24, 2.45) is 0 Å². The van der Waals surface area contributed by atoms with E-state index < -0.39 is 30.4 Å². The summed E-state index contributed by atoms with van der Waals surface area (Å²) in [6, 6.07) is 0. The van der Waals surface area contributed by atoms with Crippen LogP contribution in [0.3, 0.4) is 0 Å². The lowest BCUT2D eigenvalue weighted by Crippen LogP contribution is -2.41. The zero-order chi connectivity index (χ0) is 12.8. The number of rotatable bonds is 2. The van der Waals surface area contributed by atoms with E-state index in [1.165, 1.54) is 6.08 Å². The average molecular weight is 244 g/mol. The van der Waals surface area contributed by atoms with E-state index in [0.717, 1.165) is 0 Å². The molecule has 0 aromatic carbocycles. The lowest BCUT2D eigenvalue weighted by molar-refractivity contribution is -0.169. The van der Waals surface area contributed by atoms with Gasteiger partial charge < -0.3 is 20.1 Å². The first-order valence-corrected chi connectivity index (χ1v) is 5.97. The molecule has 98 valence electrons. The van der Waals surface area contributed by atoms with Gasteiger partial charge in [0.2, 0.25) is 0 Å². The Morgan fingerprint density at radius 1 is 1.41 bits per heavy atom. The fourth-order valence-corrected chi connectivity index (χ4v) is 1.75. The van der Waals surface area contributed by atoms with Crippen molar-refractivity contribution in [1.29, 1.82) is 0 Å². The fourth-order valence-electron chi connectivity index (χ4n) is 1.75. The van der Waals surface area contributed by atoms with Gasteiger partial charge in [0, 0.05) is 0 Å². The molecule has 0 saturated heterocycles. The van der Waals surface area contributed by atoms with E-state index in [2.05, 4.69) is 0 Å². The average Bonchev–Trinajstić information content (AvgIpc) is 2.31. The van der Waals surface area contributed by atoms with Gasteiger partial charge in [-0.2, -0.15) is 0 Å². The second kappa shape index (κ2) is 6.74. The van der Waals surface area contributed by atoms with Crippen molar-refractivity contribution in [3.05, 3.63) is 12.2 Å². The summed E-state index contributed by atoms with van der Waals surface area (Å²) in [4.78, 5) is 11.5. The van der Waals surface area contributed by atoms with E-state index in [0.29, 0.717) is 19.3 Å². The third kappa shape index (κ3) is 4.11. The van der Waals surface area contributed by atoms with Crippen LogP contribution in [0.2, 0.25) is 0 Å². The summed E-state index contributed by atoms with van der Waals surface area (Å²) in [6.45, 7) is 1.89. The van der Waals surface area contributed by atoms with Gasteiger partial charge in [-0.3, -0.25) is 0 Å². The zero-order valence-electron chi connectivity index (χ0n) is 9.95. The normalized spacial score (nSPS) is 37.3. The predicted octanol–water partition coefficient (Wildman–Crippen LogP) is 0.131. The first kappa shape index (κ1) is 14.2. The smallest absolute Gasteiger partial charge is 0.335 e. The predicted molar refractivity (Wildman–Crippen MR) is 61.2 cm³/mol. The van der Waals surface area contributed by atoms with E-state index >= 15 is 0 Å². The molecule has 17 heavy (non-hydrogen) atoms. The van der Waals surface area contributed by atoms with Gasteiger partial charge in [0.15, 0.2) is 6.10 Å². The molecule has 0 radical (unpaired) electrons. The van der Waals surface area contributed by atoms with E-state index in [1.54, 1.807) is 6.08 Å². The second-order valence-corrected chi connectivity index (χ2v) is 4.27. The summed E-state index contributed by atoms with van der Waals surface area (Å²) in [5.41, 5.74) is 0. The van der Waals surface area contributed by atoms with Crippen molar-refractivity contribution in [2.75, 3.05) is 0 Å². The molecule has 0 unspecified atom stereocenters. The number of allylic oxidation sites excluding steroid dienone is 1. The molecule has 0 spiro atoms. The van der Waals surface area contributed by atoms with Gasteiger partial charge in [0.1, 0.15) is 18.3 Å². The lowest BCUT2D eigenvalue weighted by atomic mass is 10.0. The van der Waals surface area contributed by atoms with Crippen LogP contribution in [0.15, 0.2) is 12.2 Å².